The maximum atomic E-state index is 15.0. The third-order valence-electron chi connectivity index (χ3n) is 5.18. The average Bonchev–Trinajstić information content (AvgIpc) is 3.19. The van der Waals surface area contributed by atoms with E-state index < -0.39 is 11.8 Å². The molecular weight excluding hydrogens is 399 g/mol. The highest BCUT2D eigenvalue weighted by Gasteiger charge is 2.20. The van der Waals surface area contributed by atoms with E-state index in [0.29, 0.717) is 29.1 Å². The lowest BCUT2D eigenvalue weighted by molar-refractivity contribution is -0.140. The molecular formula is C24H21FN2O4. The first-order chi connectivity index (χ1) is 14.9. The van der Waals surface area contributed by atoms with E-state index in [1.54, 1.807) is 25.1 Å². The molecule has 6 nitrogen and oxygen atoms in total. The number of oxime groups is 1. The van der Waals surface area contributed by atoms with E-state index in [2.05, 4.69) is 15.0 Å². The van der Waals surface area contributed by atoms with Crippen LogP contribution in [0.5, 0.6) is 11.5 Å². The number of pyridine rings is 1. The molecule has 0 saturated heterocycles. The fourth-order valence-electron chi connectivity index (χ4n) is 3.50. The zero-order chi connectivity index (χ0) is 22.0. The standard InChI is InChI=1S/C24H21FN2O4/c1-14-10-21(30-13-18-12-22(29)31-27-18)23(25)15(2)19(14)11-17-8-9-20(28)24(26-17)16-6-4-3-5-7-16/h3-10,28H,11-13H2,1-2H3. The SMILES string of the molecule is Cc1cc(OCC2=NOC(=O)C2)c(F)c(C)c1Cc1ccc(O)c(-c2ccccc2)n1. The largest absolute Gasteiger partial charge is 0.506 e. The lowest BCUT2D eigenvalue weighted by Gasteiger charge is -2.15. The Hall–Kier alpha value is -3.74. The molecule has 0 aliphatic carbocycles. The van der Waals surface area contributed by atoms with Gasteiger partial charge >= 0.3 is 5.97 Å². The van der Waals surface area contributed by atoms with Crippen LogP contribution in [0.4, 0.5) is 4.39 Å². The Kier molecular flexibility index (Phi) is 5.66. The first kappa shape index (κ1) is 20.5. The molecule has 1 N–H and O–H groups in total. The fourth-order valence-corrected chi connectivity index (χ4v) is 3.50. The van der Waals surface area contributed by atoms with Gasteiger partial charge in [0.2, 0.25) is 0 Å². The molecule has 3 aromatic rings. The zero-order valence-corrected chi connectivity index (χ0v) is 17.2. The lowest BCUT2D eigenvalue weighted by Crippen LogP contribution is -2.12. The van der Waals surface area contributed by atoms with Gasteiger partial charge in [-0.15, -0.1) is 0 Å². The van der Waals surface area contributed by atoms with Gasteiger partial charge in [0.05, 0.1) is 6.42 Å². The van der Waals surface area contributed by atoms with Gasteiger partial charge in [-0.2, -0.15) is 0 Å². The van der Waals surface area contributed by atoms with Crippen molar-refractivity contribution in [1.29, 1.82) is 0 Å². The molecule has 4 rings (SSSR count). The van der Waals surface area contributed by atoms with Crippen LogP contribution < -0.4 is 4.74 Å². The van der Waals surface area contributed by atoms with Crippen LogP contribution in [0.15, 0.2) is 53.7 Å². The van der Waals surface area contributed by atoms with Gasteiger partial charge < -0.3 is 14.7 Å². The first-order valence-electron chi connectivity index (χ1n) is 9.83. The molecule has 0 radical (unpaired) electrons. The van der Waals surface area contributed by atoms with Crippen molar-refractivity contribution in [1.82, 2.24) is 4.98 Å². The molecule has 158 valence electrons. The first-order valence-corrected chi connectivity index (χ1v) is 9.83. The second-order valence-corrected chi connectivity index (χ2v) is 7.41. The van der Waals surface area contributed by atoms with Gasteiger partial charge in [-0.1, -0.05) is 35.5 Å². The number of rotatable bonds is 6. The van der Waals surface area contributed by atoms with Crippen LogP contribution in [-0.2, 0) is 16.1 Å². The van der Waals surface area contributed by atoms with Gasteiger partial charge in [-0.3, -0.25) is 0 Å². The summed E-state index contributed by atoms with van der Waals surface area (Å²) in [5.41, 5.74) is 4.55. The number of aromatic nitrogens is 1. The molecule has 2 heterocycles. The predicted molar refractivity (Wildman–Crippen MR) is 114 cm³/mol. The minimum absolute atomic E-state index is 0.0131. The van der Waals surface area contributed by atoms with Crippen LogP contribution in [0.25, 0.3) is 11.3 Å². The van der Waals surface area contributed by atoms with Crippen molar-refractivity contribution in [3.05, 3.63) is 76.7 Å². The molecule has 2 aromatic carbocycles. The van der Waals surface area contributed by atoms with E-state index >= 15 is 0 Å². The Morgan fingerprint density at radius 3 is 2.65 bits per heavy atom. The lowest BCUT2D eigenvalue weighted by atomic mass is 9.97. The van der Waals surface area contributed by atoms with E-state index in [-0.39, 0.29) is 24.5 Å². The van der Waals surface area contributed by atoms with Crippen LogP contribution >= 0.6 is 0 Å². The number of carbonyl (C=O) groups excluding carboxylic acids is 1. The highest BCUT2D eigenvalue weighted by molar-refractivity contribution is 6.02. The summed E-state index contributed by atoms with van der Waals surface area (Å²) in [6, 6.07) is 14.4. The fraction of sp³-hybridized carbons (Fsp3) is 0.208. The third-order valence-corrected chi connectivity index (χ3v) is 5.18. The second-order valence-electron chi connectivity index (χ2n) is 7.41. The molecule has 0 atom stereocenters. The minimum Gasteiger partial charge on any atom is -0.506 e. The summed E-state index contributed by atoms with van der Waals surface area (Å²) in [5.74, 6) is -0.716. The van der Waals surface area contributed by atoms with Crippen molar-refractivity contribution in [2.45, 2.75) is 26.7 Å². The Bertz CT molecular complexity index is 1180. The highest BCUT2D eigenvalue weighted by atomic mass is 19.1. The van der Waals surface area contributed by atoms with Crippen molar-refractivity contribution in [3.8, 4) is 22.8 Å². The van der Waals surface area contributed by atoms with E-state index in [1.807, 2.05) is 37.3 Å². The summed E-state index contributed by atoms with van der Waals surface area (Å²) in [6.45, 7) is 3.57. The molecule has 0 amide bonds. The minimum atomic E-state index is -0.464. The predicted octanol–water partition coefficient (Wildman–Crippen LogP) is 4.48. The van der Waals surface area contributed by atoms with Gasteiger partial charge in [0, 0.05) is 17.7 Å². The molecule has 0 fully saturated rings. The Balaban J connectivity index is 1.58. The monoisotopic (exact) mass is 420 g/mol. The summed E-state index contributed by atoms with van der Waals surface area (Å²) in [6.07, 6.45) is 0.456. The number of aryl methyl sites for hydroxylation is 1. The summed E-state index contributed by atoms with van der Waals surface area (Å²) in [5, 5.41) is 13.8. The van der Waals surface area contributed by atoms with Crippen LogP contribution in [-0.4, -0.2) is 28.4 Å². The molecule has 0 bridgehead atoms. The number of aromatic hydroxyl groups is 1. The molecule has 1 aliphatic rings. The molecule has 7 heteroatoms. The van der Waals surface area contributed by atoms with Crippen molar-refractivity contribution in [3.63, 3.8) is 0 Å². The van der Waals surface area contributed by atoms with E-state index in [0.717, 1.165) is 16.7 Å². The van der Waals surface area contributed by atoms with Crippen LogP contribution in [0.2, 0.25) is 0 Å². The number of ether oxygens (including phenoxy) is 1. The van der Waals surface area contributed by atoms with Crippen LogP contribution in [0.3, 0.4) is 0 Å². The summed E-state index contributed by atoms with van der Waals surface area (Å²) in [4.78, 5) is 20.2. The number of hydrogen-bond acceptors (Lipinski definition) is 6. The number of nitrogens with zero attached hydrogens (tertiary/aromatic N) is 2. The van der Waals surface area contributed by atoms with Gasteiger partial charge in [0.1, 0.15) is 23.8 Å². The maximum absolute atomic E-state index is 15.0. The summed E-state index contributed by atoms with van der Waals surface area (Å²) >= 11 is 0. The third kappa shape index (κ3) is 4.40. The van der Waals surface area contributed by atoms with Gasteiger partial charge in [-0.25, -0.2) is 14.2 Å². The Morgan fingerprint density at radius 2 is 1.94 bits per heavy atom. The zero-order valence-electron chi connectivity index (χ0n) is 17.2. The van der Waals surface area contributed by atoms with Crippen molar-refractivity contribution >= 4 is 11.7 Å². The maximum Gasteiger partial charge on any atom is 0.340 e. The topological polar surface area (TPSA) is 81.0 Å². The molecule has 1 aliphatic heterocycles. The number of hydrogen-bond donors (Lipinski definition) is 1. The molecule has 31 heavy (non-hydrogen) atoms. The smallest absolute Gasteiger partial charge is 0.340 e. The van der Waals surface area contributed by atoms with E-state index in [4.69, 9.17) is 4.74 Å². The molecule has 0 saturated carbocycles. The highest BCUT2D eigenvalue weighted by Crippen LogP contribution is 2.31. The van der Waals surface area contributed by atoms with Crippen molar-refractivity contribution in [2.24, 2.45) is 5.16 Å². The van der Waals surface area contributed by atoms with Gasteiger partial charge in [0.25, 0.3) is 0 Å². The quantitative estimate of drug-likeness (QED) is 0.595. The Morgan fingerprint density at radius 1 is 1.16 bits per heavy atom. The Labute approximate surface area is 179 Å². The van der Waals surface area contributed by atoms with Gasteiger partial charge in [0.15, 0.2) is 11.6 Å². The number of halogens is 1. The molecule has 0 spiro atoms. The van der Waals surface area contributed by atoms with E-state index in [1.165, 1.54) is 0 Å². The van der Waals surface area contributed by atoms with Gasteiger partial charge in [-0.05, 0) is 48.7 Å². The van der Waals surface area contributed by atoms with Crippen molar-refractivity contribution < 1.29 is 23.9 Å². The van der Waals surface area contributed by atoms with Crippen LogP contribution in [0.1, 0.15) is 28.8 Å². The van der Waals surface area contributed by atoms with Crippen LogP contribution in [0, 0.1) is 19.7 Å². The normalized spacial score (nSPS) is 13.1. The number of benzene rings is 2. The summed E-state index contributed by atoms with van der Waals surface area (Å²) < 4.78 is 20.5. The second kappa shape index (κ2) is 8.55. The molecule has 1 aromatic heterocycles. The average molecular weight is 420 g/mol. The van der Waals surface area contributed by atoms with E-state index in [9.17, 15) is 14.3 Å². The molecule has 0 unspecified atom stereocenters. The number of carbonyl (C=O) groups is 1. The van der Waals surface area contributed by atoms with Crippen molar-refractivity contribution in [2.75, 3.05) is 6.61 Å². The summed E-state index contributed by atoms with van der Waals surface area (Å²) in [7, 11) is 0.